The first-order valence-electron chi connectivity index (χ1n) is 9.45. The van der Waals surface area contributed by atoms with Gasteiger partial charge in [0.25, 0.3) is 5.91 Å². The van der Waals surface area contributed by atoms with Crippen molar-refractivity contribution in [2.24, 2.45) is 0 Å². The van der Waals surface area contributed by atoms with Crippen LogP contribution in [0.2, 0.25) is 0 Å². The van der Waals surface area contributed by atoms with Gasteiger partial charge in [0.1, 0.15) is 0 Å². The van der Waals surface area contributed by atoms with E-state index < -0.39 is 0 Å². The molecule has 1 aromatic heterocycles. The van der Waals surface area contributed by atoms with Crippen LogP contribution in [0.25, 0.3) is 0 Å². The molecule has 3 rings (SSSR count). The van der Waals surface area contributed by atoms with E-state index in [-0.39, 0.29) is 23.6 Å². The molecular formula is C21H22BrN5O2S. The normalized spacial score (nSPS) is 11.7. The Hall–Kier alpha value is -2.65. The van der Waals surface area contributed by atoms with E-state index in [9.17, 15) is 9.59 Å². The molecule has 9 heteroatoms. The lowest BCUT2D eigenvalue weighted by molar-refractivity contribution is -0.113. The lowest BCUT2D eigenvalue weighted by Crippen LogP contribution is -2.28. The van der Waals surface area contributed by atoms with Gasteiger partial charge in [-0.15, -0.1) is 10.2 Å². The van der Waals surface area contributed by atoms with Gasteiger partial charge in [-0.1, -0.05) is 52.0 Å². The maximum absolute atomic E-state index is 12.4. The highest BCUT2D eigenvalue weighted by Crippen LogP contribution is 2.22. The van der Waals surface area contributed by atoms with E-state index >= 15 is 0 Å². The Morgan fingerprint density at radius 2 is 1.90 bits per heavy atom. The van der Waals surface area contributed by atoms with Crippen LogP contribution < -0.4 is 10.6 Å². The fourth-order valence-electron chi connectivity index (χ4n) is 2.85. The van der Waals surface area contributed by atoms with Gasteiger partial charge in [0.05, 0.1) is 11.8 Å². The second-order valence-electron chi connectivity index (χ2n) is 6.49. The van der Waals surface area contributed by atoms with Gasteiger partial charge >= 0.3 is 0 Å². The Kier molecular flexibility index (Phi) is 7.64. The van der Waals surface area contributed by atoms with Gasteiger partial charge in [-0.2, -0.15) is 0 Å². The molecule has 2 aromatic carbocycles. The molecule has 30 heavy (non-hydrogen) atoms. The summed E-state index contributed by atoms with van der Waals surface area (Å²) in [5.41, 5.74) is 1.32. The number of hydrogen-bond acceptors (Lipinski definition) is 5. The number of halogens is 1. The van der Waals surface area contributed by atoms with E-state index in [2.05, 4.69) is 36.8 Å². The molecule has 3 aromatic rings. The van der Waals surface area contributed by atoms with Crippen molar-refractivity contribution >= 4 is 45.2 Å². The molecule has 1 atom stereocenters. The number of aromatic nitrogens is 3. The van der Waals surface area contributed by atoms with Crippen LogP contribution in [-0.2, 0) is 11.3 Å². The highest BCUT2D eigenvalue weighted by molar-refractivity contribution is 9.10. The highest BCUT2D eigenvalue weighted by atomic mass is 79.9. The minimum atomic E-state index is -0.324. The molecule has 0 aliphatic rings. The van der Waals surface area contributed by atoms with Crippen molar-refractivity contribution in [2.75, 3.05) is 11.1 Å². The van der Waals surface area contributed by atoms with Crippen LogP contribution in [0.15, 0.2) is 64.2 Å². The number of benzene rings is 2. The van der Waals surface area contributed by atoms with Gasteiger partial charge in [0.15, 0.2) is 11.0 Å². The van der Waals surface area contributed by atoms with E-state index in [0.717, 1.165) is 10.2 Å². The summed E-state index contributed by atoms with van der Waals surface area (Å²) in [4.78, 5) is 24.7. The summed E-state index contributed by atoms with van der Waals surface area (Å²) in [6.45, 7) is 4.47. The molecule has 0 bridgehead atoms. The van der Waals surface area contributed by atoms with Crippen LogP contribution in [0, 0.1) is 0 Å². The number of carbonyl (C=O) groups is 2. The number of hydrogen-bond donors (Lipinski definition) is 2. The van der Waals surface area contributed by atoms with Crippen molar-refractivity contribution in [3.63, 3.8) is 0 Å². The monoisotopic (exact) mass is 487 g/mol. The smallest absolute Gasteiger partial charge is 0.251 e. The zero-order valence-corrected chi connectivity index (χ0v) is 19.0. The highest BCUT2D eigenvalue weighted by Gasteiger charge is 2.20. The molecule has 0 aliphatic heterocycles. The van der Waals surface area contributed by atoms with Crippen LogP contribution in [0.3, 0.4) is 0 Å². The molecule has 1 heterocycles. The largest absolute Gasteiger partial charge is 0.342 e. The van der Waals surface area contributed by atoms with Crippen LogP contribution in [0.4, 0.5) is 5.69 Å². The molecule has 0 radical (unpaired) electrons. The molecule has 2 N–H and O–H groups in total. The van der Waals surface area contributed by atoms with E-state index in [1.165, 1.54) is 11.8 Å². The molecule has 7 nitrogen and oxygen atoms in total. The second-order valence-corrected chi connectivity index (χ2v) is 8.35. The van der Waals surface area contributed by atoms with Gasteiger partial charge in [0, 0.05) is 22.3 Å². The number of nitrogens with one attached hydrogen (secondary N) is 2. The zero-order valence-electron chi connectivity index (χ0n) is 16.6. The van der Waals surface area contributed by atoms with Gasteiger partial charge in [-0.05, 0) is 44.2 Å². The predicted molar refractivity (Wildman–Crippen MR) is 122 cm³/mol. The quantitative estimate of drug-likeness (QED) is 0.462. The first-order valence-corrected chi connectivity index (χ1v) is 11.2. The van der Waals surface area contributed by atoms with Gasteiger partial charge < -0.3 is 15.2 Å². The number of carbonyl (C=O) groups excluding carboxylic acids is 2. The lowest BCUT2D eigenvalue weighted by Gasteiger charge is -2.15. The van der Waals surface area contributed by atoms with Crippen molar-refractivity contribution in [1.82, 2.24) is 20.1 Å². The number of anilines is 1. The zero-order chi connectivity index (χ0) is 21.5. The first kappa shape index (κ1) is 22.0. The summed E-state index contributed by atoms with van der Waals surface area (Å²) in [5, 5.41) is 14.9. The maximum atomic E-state index is 12.4. The molecular weight excluding hydrogens is 466 g/mol. The summed E-state index contributed by atoms with van der Waals surface area (Å²) in [7, 11) is 0. The average Bonchev–Trinajstić information content (AvgIpc) is 3.16. The summed E-state index contributed by atoms with van der Waals surface area (Å²) in [6, 6.07) is 16.1. The number of nitrogens with zero attached hydrogens (tertiary/aromatic N) is 3. The lowest BCUT2D eigenvalue weighted by atomic mass is 10.2. The molecule has 2 amide bonds. The molecule has 0 unspecified atom stereocenters. The second kappa shape index (κ2) is 10.4. The fraction of sp³-hybridized carbons (Fsp3) is 0.238. The van der Waals surface area contributed by atoms with Crippen LogP contribution in [0.5, 0.6) is 0 Å². The van der Waals surface area contributed by atoms with Crippen LogP contribution in [-0.4, -0.2) is 32.3 Å². The molecule has 0 saturated carbocycles. The summed E-state index contributed by atoms with van der Waals surface area (Å²) in [6.07, 6.45) is 0. The average molecular weight is 488 g/mol. The third-order valence-corrected chi connectivity index (χ3v) is 5.73. The number of rotatable bonds is 8. The van der Waals surface area contributed by atoms with E-state index in [1.54, 1.807) is 12.1 Å². The molecule has 0 aliphatic carbocycles. The van der Waals surface area contributed by atoms with Crippen LogP contribution in [0.1, 0.15) is 36.1 Å². The van der Waals surface area contributed by atoms with Crippen molar-refractivity contribution < 1.29 is 9.59 Å². The maximum Gasteiger partial charge on any atom is 0.251 e. The molecule has 0 spiro atoms. The van der Waals surface area contributed by atoms with Crippen molar-refractivity contribution in [3.8, 4) is 0 Å². The number of thioether (sulfide) groups is 1. The van der Waals surface area contributed by atoms with Crippen molar-refractivity contribution in [2.45, 2.75) is 31.6 Å². The Morgan fingerprint density at radius 1 is 1.13 bits per heavy atom. The first-order chi connectivity index (χ1) is 14.5. The summed E-state index contributed by atoms with van der Waals surface area (Å²) < 4.78 is 2.81. The van der Waals surface area contributed by atoms with E-state index in [4.69, 9.17) is 0 Å². The standard InChI is InChI=1S/C21H22BrN5O2S/c1-3-27-19(14(2)23-20(29)15-8-5-4-6-9-15)25-26-21(27)30-13-18(28)24-17-11-7-10-16(22)12-17/h4-12,14H,3,13H2,1-2H3,(H,23,29)(H,24,28)/t14-/m1/s1. The fourth-order valence-corrected chi connectivity index (χ4v) is 4.06. The van der Waals surface area contributed by atoms with Gasteiger partial charge in [-0.25, -0.2) is 0 Å². The molecule has 0 saturated heterocycles. The molecule has 0 fully saturated rings. The Balaban J connectivity index is 1.62. The van der Waals surface area contributed by atoms with E-state index in [1.807, 2.05) is 60.9 Å². The van der Waals surface area contributed by atoms with Crippen molar-refractivity contribution in [1.29, 1.82) is 0 Å². The van der Waals surface area contributed by atoms with Gasteiger partial charge in [-0.3, -0.25) is 9.59 Å². The van der Waals surface area contributed by atoms with Gasteiger partial charge in [0.2, 0.25) is 5.91 Å². The third kappa shape index (κ3) is 5.70. The third-order valence-electron chi connectivity index (χ3n) is 4.27. The van der Waals surface area contributed by atoms with Crippen molar-refractivity contribution in [3.05, 3.63) is 70.5 Å². The Labute approximate surface area is 187 Å². The Bertz CT molecular complexity index is 1030. The summed E-state index contributed by atoms with van der Waals surface area (Å²) >= 11 is 4.70. The predicted octanol–water partition coefficient (Wildman–Crippen LogP) is 4.28. The molecule has 156 valence electrons. The summed E-state index contributed by atoms with van der Waals surface area (Å²) in [5.74, 6) is 0.554. The topological polar surface area (TPSA) is 88.9 Å². The Morgan fingerprint density at radius 3 is 2.60 bits per heavy atom. The minimum Gasteiger partial charge on any atom is -0.342 e. The number of amides is 2. The SMILES string of the molecule is CCn1c(SCC(=O)Nc2cccc(Br)c2)nnc1[C@@H](C)NC(=O)c1ccccc1. The minimum absolute atomic E-state index is 0.129. The van der Waals surface area contributed by atoms with E-state index in [0.29, 0.717) is 23.1 Å². The van der Waals surface area contributed by atoms with Crippen LogP contribution >= 0.6 is 27.7 Å².